The van der Waals surface area contributed by atoms with Gasteiger partial charge in [-0.05, 0) is 18.8 Å². The number of hydrogen-bond acceptors (Lipinski definition) is 2. The summed E-state index contributed by atoms with van der Waals surface area (Å²) in [5.41, 5.74) is 0.638. The van der Waals surface area contributed by atoms with Gasteiger partial charge in [0.15, 0.2) is 0 Å². The topological polar surface area (TPSA) is 46.2 Å². The maximum absolute atomic E-state index is 11.2. The van der Waals surface area contributed by atoms with Crippen LogP contribution in [0.4, 0.5) is 0 Å². The Bertz CT molecular complexity index is 252. The van der Waals surface area contributed by atoms with E-state index in [0.29, 0.717) is 11.5 Å². The third-order valence-electron chi connectivity index (χ3n) is 2.38. The van der Waals surface area contributed by atoms with Crippen LogP contribution in [0.5, 0.6) is 0 Å². The zero-order valence-corrected chi connectivity index (χ0v) is 8.09. The molecule has 2 amide bonds. The predicted molar refractivity (Wildman–Crippen MR) is 49.9 cm³/mol. The fraction of sp³-hybridized carbons (Fsp3) is 0.600. The molecule has 13 heavy (non-hydrogen) atoms. The molecule has 0 aromatic rings. The molecule has 1 heterocycles. The van der Waals surface area contributed by atoms with Gasteiger partial charge in [0.1, 0.15) is 0 Å². The van der Waals surface area contributed by atoms with Gasteiger partial charge in [-0.15, -0.1) is 0 Å². The zero-order chi connectivity index (χ0) is 9.84. The van der Waals surface area contributed by atoms with E-state index in [1.54, 1.807) is 0 Å². The van der Waals surface area contributed by atoms with E-state index in [-0.39, 0.29) is 18.2 Å². The average molecular weight is 181 g/mol. The lowest BCUT2D eigenvalue weighted by Crippen LogP contribution is -2.19. The minimum atomic E-state index is -0.211. The molecule has 1 fully saturated rings. The van der Waals surface area contributed by atoms with Crippen molar-refractivity contribution in [1.82, 2.24) is 5.32 Å². The first-order valence-corrected chi connectivity index (χ1v) is 4.72. The summed E-state index contributed by atoms with van der Waals surface area (Å²) in [5, 5.41) is 2.27. The van der Waals surface area contributed by atoms with Crippen LogP contribution in [0.2, 0.25) is 0 Å². The van der Waals surface area contributed by atoms with Gasteiger partial charge in [-0.3, -0.25) is 14.9 Å². The van der Waals surface area contributed by atoms with E-state index in [9.17, 15) is 9.59 Å². The summed E-state index contributed by atoms with van der Waals surface area (Å²) in [6, 6.07) is 0. The van der Waals surface area contributed by atoms with Gasteiger partial charge >= 0.3 is 0 Å². The molecule has 0 aromatic heterocycles. The van der Waals surface area contributed by atoms with Crippen molar-refractivity contribution < 1.29 is 9.59 Å². The molecule has 0 aromatic carbocycles. The number of rotatable bonds is 3. The lowest BCUT2D eigenvalue weighted by molar-refractivity contribution is -0.124. The fourth-order valence-electron chi connectivity index (χ4n) is 1.45. The molecule has 0 unspecified atom stereocenters. The number of nitrogens with one attached hydrogen (secondary N) is 1. The second-order valence-corrected chi connectivity index (χ2v) is 3.32. The highest BCUT2D eigenvalue weighted by Gasteiger charge is 2.24. The van der Waals surface area contributed by atoms with Gasteiger partial charge in [0.2, 0.25) is 5.91 Å². The van der Waals surface area contributed by atoms with Crippen LogP contribution in [0.25, 0.3) is 0 Å². The highest BCUT2D eigenvalue weighted by molar-refractivity contribution is 6.13. The summed E-state index contributed by atoms with van der Waals surface area (Å²) in [6.07, 6.45) is 4.22. The molecular weight excluding hydrogens is 166 g/mol. The van der Waals surface area contributed by atoms with Gasteiger partial charge in [0, 0.05) is 5.57 Å². The van der Waals surface area contributed by atoms with Crippen LogP contribution >= 0.6 is 0 Å². The Balaban J connectivity index is 2.70. The molecule has 1 aliphatic rings. The normalized spacial score (nSPS) is 20.1. The number of hydrogen-bond donors (Lipinski definition) is 1. The maximum Gasteiger partial charge on any atom is 0.253 e. The highest BCUT2D eigenvalue weighted by Crippen LogP contribution is 2.17. The van der Waals surface area contributed by atoms with Gasteiger partial charge < -0.3 is 0 Å². The minimum absolute atomic E-state index is 0.179. The number of imide groups is 1. The average Bonchev–Trinajstić information content (AvgIpc) is 2.41. The molecule has 0 saturated carbocycles. The lowest BCUT2D eigenvalue weighted by atomic mass is 9.99. The summed E-state index contributed by atoms with van der Waals surface area (Å²) in [4.78, 5) is 22.0. The molecule has 3 heteroatoms. The van der Waals surface area contributed by atoms with Crippen molar-refractivity contribution in [1.29, 1.82) is 0 Å². The molecule has 0 aliphatic carbocycles. The molecule has 72 valence electrons. The van der Waals surface area contributed by atoms with E-state index >= 15 is 0 Å². The first kappa shape index (κ1) is 9.96. The number of carbonyl (C=O) groups excluding carboxylic acids is 2. The number of amides is 2. The second kappa shape index (κ2) is 4.21. The Morgan fingerprint density at radius 1 is 1.38 bits per heavy atom. The second-order valence-electron chi connectivity index (χ2n) is 3.32. The lowest BCUT2D eigenvalue weighted by Gasteiger charge is -2.05. The van der Waals surface area contributed by atoms with E-state index in [1.165, 1.54) is 0 Å². The molecule has 0 atom stereocenters. The standard InChI is InChI=1S/C10H15NO2/c1-3-7(4-2)5-8-6-9(12)11-10(8)13/h5,7H,3-4,6H2,1-2H3,(H,11,12,13). The van der Waals surface area contributed by atoms with Crippen molar-refractivity contribution in [2.24, 2.45) is 5.92 Å². The Labute approximate surface area is 78.2 Å². The van der Waals surface area contributed by atoms with Crippen LogP contribution in [0.1, 0.15) is 33.1 Å². The van der Waals surface area contributed by atoms with Crippen molar-refractivity contribution in [2.45, 2.75) is 33.1 Å². The van der Waals surface area contributed by atoms with E-state index in [2.05, 4.69) is 19.2 Å². The molecular formula is C10H15NO2. The van der Waals surface area contributed by atoms with Crippen LogP contribution in [0, 0.1) is 5.92 Å². The molecule has 1 rings (SSSR count). The Morgan fingerprint density at radius 3 is 2.38 bits per heavy atom. The summed E-state index contributed by atoms with van der Waals surface area (Å²) in [7, 11) is 0. The molecule has 1 aliphatic heterocycles. The van der Waals surface area contributed by atoms with Gasteiger partial charge in [0.05, 0.1) is 6.42 Å². The highest BCUT2D eigenvalue weighted by atomic mass is 16.2. The molecule has 1 saturated heterocycles. The summed E-state index contributed by atoms with van der Waals surface area (Å²) in [6.45, 7) is 4.17. The number of allylic oxidation sites excluding steroid dienone is 1. The third kappa shape index (κ3) is 2.41. The molecule has 0 spiro atoms. The SMILES string of the molecule is CCC(C=C1CC(=O)NC1=O)CC. The Hall–Kier alpha value is -1.12. The monoisotopic (exact) mass is 181 g/mol. The van der Waals surface area contributed by atoms with Crippen LogP contribution in [0.3, 0.4) is 0 Å². The number of carbonyl (C=O) groups is 2. The largest absolute Gasteiger partial charge is 0.292 e. The predicted octanol–water partition coefficient (Wildman–Crippen LogP) is 1.40. The zero-order valence-electron chi connectivity index (χ0n) is 8.09. The van der Waals surface area contributed by atoms with Crippen molar-refractivity contribution in [2.75, 3.05) is 0 Å². The first-order valence-electron chi connectivity index (χ1n) is 4.72. The van der Waals surface area contributed by atoms with Crippen LogP contribution in [0.15, 0.2) is 11.6 Å². The van der Waals surface area contributed by atoms with Crippen LogP contribution in [-0.4, -0.2) is 11.8 Å². The maximum atomic E-state index is 11.2. The summed E-state index contributed by atoms with van der Waals surface area (Å²) >= 11 is 0. The third-order valence-corrected chi connectivity index (χ3v) is 2.38. The van der Waals surface area contributed by atoms with Crippen molar-refractivity contribution in [3.8, 4) is 0 Å². The molecule has 3 nitrogen and oxygen atoms in total. The fourth-order valence-corrected chi connectivity index (χ4v) is 1.45. The summed E-state index contributed by atoms with van der Waals surface area (Å²) in [5.74, 6) is 0.0331. The van der Waals surface area contributed by atoms with Gasteiger partial charge in [0.25, 0.3) is 5.91 Å². The van der Waals surface area contributed by atoms with Crippen molar-refractivity contribution in [3.05, 3.63) is 11.6 Å². The quantitative estimate of drug-likeness (QED) is 0.528. The van der Waals surface area contributed by atoms with Gasteiger partial charge in [-0.2, -0.15) is 0 Å². The van der Waals surface area contributed by atoms with E-state index in [1.807, 2.05) is 6.08 Å². The summed E-state index contributed by atoms with van der Waals surface area (Å²) < 4.78 is 0. The van der Waals surface area contributed by atoms with Gasteiger partial charge in [-0.25, -0.2) is 0 Å². The van der Waals surface area contributed by atoms with Crippen molar-refractivity contribution in [3.63, 3.8) is 0 Å². The van der Waals surface area contributed by atoms with Crippen molar-refractivity contribution >= 4 is 11.8 Å². The Kier molecular flexibility index (Phi) is 3.23. The van der Waals surface area contributed by atoms with E-state index in [4.69, 9.17) is 0 Å². The smallest absolute Gasteiger partial charge is 0.253 e. The van der Waals surface area contributed by atoms with E-state index in [0.717, 1.165) is 12.8 Å². The van der Waals surface area contributed by atoms with Gasteiger partial charge in [-0.1, -0.05) is 19.9 Å². The molecule has 0 bridgehead atoms. The first-order chi connectivity index (χ1) is 6.17. The molecule has 0 radical (unpaired) electrons. The Morgan fingerprint density at radius 2 is 2.00 bits per heavy atom. The molecule has 1 N–H and O–H groups in total. The van der Waals surface area contributed by atoms with Crippen LogP contribution in [-0.2, 0) is 9.59 Å². The van der Waals surface area contributed by atoms with E-state index < -0.39 is 0 Å². The van der Waals surface area contributed by atoms with Crippen LogP contribution < -0.4 is 5.32 Å². The minimum Gasteiger partial charge on any atom is -0.292 e.